The monoisotopic (exact) mass is 520 g/mol. The Morgan fingerprint density at radius 2 is 1.72 bits per heavy atom. The number of methoxy groups -OCH3 is 3. The highest BCUT2D eigenvalue weighted by Crippen LogP contribution is 2.34. The van der Waals surface area contributed by atoms with E-state index in [2.05, 4.69) is 20.5 Å². The summed E-state index contributed by atoms with van der Waals surface area (Å²) in [6.45, 7) is 2.26. The fourth-order valence-electron chi connectivity index (χ4n) is 3.46. The predicted octanol–water partition coefficient (Wildman–Crippen LogP) is 2.25. The first kappa shape index (κ1) is 25.1. The molecule has 1 heterocycles. The number of nitrogens with zero attached hydrogens (tertiary/aromatic N) is 2. The van der Waals surface area contributed by atoms with Gasteiger partial charge < -0.3 is 29.7 Å². The van der Waals surface area contributed by atoms with Gasteiger partial charge in [-0.1, -0.05) is 0 Å². The van der Waals surface area contributed by atoms with E-state index >= 15 is 0 Å². The van der Waals surface area contributed by atoms with Crippen molar-refractivity contribution >= 4 is 35.8 Å². The Morgan fingerprint density at radius 1 is 1.14 bits per heavy atom. The molecule has 2 N–H and O–H groups in total. The molecular weight excluding hydrogens is 487 g/mol. The number of benzene rings is 1. The number of likely N-dealkylation sites (tertiary alicyclic amines) is 1. The van der Waals surface area contributed by atoms with Gasteiger partial charge in [0.05, 0.1) is 33.4 Å². The van der Waals surface area contributed by atoms with E-state index in [1.54, 1.807) is 35.4 Å². The van der Waals surface area contributed by atoms with Gasteiger partial charge in [-0.15, -0.1) is 24.0 Å². The zero-order valence-corrected chi connectivity index (χ0v) is 20.2. The Kier molecular flexibility index (Phi) is 10.9. The number of guanidine groups is 1. The van der Waals surface area contributed by atoms with Crippen LogP contribution in [0.5, 0.6) is 17.2 Å². The maximum atomic E-state index is 11.6. The van der Waals surface area contributed by atoms with Crippen LogP contribution in [-0.2, 0) is 11.3 Å². The number of hydrogen-bond donors (Lipinski definition) is 2. The first-order valence-corrected chi connectivity index (χ1v) is 9.51. The van der Waals surface area contributed by atoms with Crippen molar-refractivity contribution in [3.63, 3.8) is 0 Å². The SMILES string of the molecule is CN=C(NCc1c(OC)cc(OC)cc1OC)N1CCC(CC(=O)NC)CC1.I. The largest absolute Gasteiger partial charge is 0.496 e. The third-order valence-corrected chi connectivity index (χ3v) is 5.12. The van der Waals surface area contributed by atoms with E-state index in [4.69, 9.17) is 14.2 Å². The molecule has 0 spiro atoms. The second-order valence-corrected chi connectivity index (χ2v) is 6.72. The van der Waals surface area contributed by atoms with Crippen molar-refractivity contribution in [3.8, 4) is 17.2 Å². The third kappa shape index (κ3) is 6.83. The molecule has 1 aromatic carbocycles. The maximum Gasteiger partial charge on any atom is 0.220 e. The van der Waals surface area contributed by atoms with Gasteiger partial charge in [0.15, 0.2) is 5.96 Å². The van der Waals surface area contributed by atoms with Crippen LogP contribution in [0.1, 0.15) is 24.8 Å². The fourth-order valence-corrected chi connectivity index (χ4v) is 3.46. The van der Waals surface area contributed by atoms with Gasteiger partial charge in [-0.3, -0.25) is 9.79 Å². The summed E-state index contributed by atoms with van der Waals surface area (Å²) in [6.07, 6.45) is 2.54. The molecule has 0 aliphatic carbocycles. The highest BCUT2D eigenvalue weighted by molar-refractivity contribution is 14.0. The summed E-state index contributed by atoms with van der Waals surface area (Å²) in [5.41, 5.74) is 0.904. The number of rotatable bonds is 7. The number of carbonyl (C=O) groups is 1. The van der Waals surface area contributed by atoms with Crippen molar-refractivity contribution in [3.05, 3.63) is 17.7 Å². The fraction of sp³-hybridized carbons (Fsp3) is 0.600. The number of nitrogens with one attached hydrogen (secondary N) is 2. The van der Waals surface area contributed by atoms with Crippen LogP contribution < -0.4 is 24.8 Å². The van der Waals surface area contributed by atoms with E-state index in [1.165, 1.54) is 0 Å². The lowest BCUT2D eigenvalue weighted by molar-refractivity contribution is -0.121. The third-order valence-electron chi connectivity index (χ3n) is 5.12. The summed E-state index contributed by atoms with van der Waals surface area (Å²) in [5, 5.41) is 6.11. The number of halogens is 1. The van der Waals surface area contributed by atoms with E-state index < -0.39 is 0 Å². The number of carbonyl (C=O) groups excluding carboxylic acids is 1. The van der Waals surface area contributed by atoms with E-state index in [9.17, 15) is 4.79 Å². The van der Waals surface area contributed by atoms with Crippen molar-refractivity contribution in [1.29, 1.82) is 0 Å². The van der Waals surface area contributed by atoms with E-state index in [1.807, 2.05) is 12.1 Å². The Morgan fingerprint density at radius 3 is 2.17 bits per heavy atom. The lowest BCUT2D eigenvalue weighted by atomic mass is 9.93. The average Bonchev–Trinajstić information content (AvgIpc) is 2.74. The van der Waals surface area contributed by atoms with Crippen molar-refractivity contribution in [2.75, 3.05) is 48.5 Å². The molecule has 1 aliphatic heterocycles. The quantitative estimate of drug-likeness (QED) is 0.326. The molecule has 0 unspecified atom stereocenters. The van der Waals surface area contributed by atoms with Crippen LogP contribution in [0.15, 0.2) is 17.1 Å². The minimum atomic E-state index is 0. The first-order chi connectivity index (χ1) is 13.6. The predicted molar refractivity (Wildman–Crippen MR) is 125 cm³/mol. The number of hydrogen-bond acceptors (Lipinski definition) is 5. The molecular formula is C20H33IN4O4. The van der Waals surface area contributed by atoms with Gasteiger partial charge in [0.2, 0.25) is 5.91 Å². The van der Waals surface area contributed by atoms with Crippen LogP contribution in [-0.4, -0.2) is 65.3 Å². The standard InChI is InChI=1S/C20H32N4O4.HI/c1-21-19(25)10-14-6-8-24(9-7-14)20(22-2)23-13-16-17(27-4)11-15(26-3)12-18(16)28-5;/h11-12,14H,6-10,13H2,1-5H3,(H,21,25)(H,22,23);1H. The van der Waals surface area contributed by atoms with Crippen molar-refractivity contribution in [1.82, 2.24) is 15.5 Å². The molecule has 1 aliphatic rings. The second-order valence-electron chi connectivity index (χ2n) is 6.72. The molecule has 2 rings (SSSR count). The van der Waals surface area contributed by atoms with Gasteiger partial charge in [0, 0.05) is 45.7 Å². The van der Waals surface area contributed by atoms with E-state index in [0.29, 0.717) is 36.1 Å². The average molecular weight is 520 g/mol. The zero-order valence-electron chi connectivity index (χ0n) is 17.9. The lowest BCUT2D eigenvalue weighted by Gasteiger charge is -2.34. The molecule has 0 radical (unpaired) electrons. The smallest absolute Gasteiger partial charge is 0.220 e. The van der Waals surface area contributed by atoms with Crippen molar-refractivity contribution < 1.29 is 19.0 Å². The summed E-state index contributed by atoms with van der Waals surface area (Å²) < 4.78 is 16.3. The molecule has 29 heavy (non-hydrogen) atoms. The summed E-state index contributed by atoms with van der Waals surface area (Å²) in [5.74, 6) is 3.45. The zero-order chi connectivity index (χ0) is 20.5. The first-order valence-electron chi connectivity index (χ1n) is 9.51. The number of piperidine rings is 1. The number of aliphatic imine (C=N–C) groups is 1. The molecule has 0 saturated carbocycles. The van der Waals surface area contributed by atoms with Gasteiger partial charge in [0.1, 0.15) is 17.2 Å². The minimum absolute atomic E-state index is 0. The number of ether oxygens (including phenoxy) is 3. The Balaban J connectivity index is 0.00000420. The highest BCUT2D eigenvalue weighted by atomic mass is 127. The molecule has 9 heteroatoms. The normalized spacial score (nSPS) is 14.7. The van der Waals surface area contributed by atoms with Gasteiger partial charge in [-0.25, -0.2) is 0 Å². The van der Waals surface area contributed by atoms with Crippen LogP contribution in [0, 0.1) is 5.92 Å². The van der Waals surface area contributed by atoms with Crippen LogP contribution >= 0.6 is 24.0 Å². The molecule has 164 valence electrons. The summed E-state index contributed by atoms with van der Waals surface area (Å²) >= 11 is 0. The molecule has 8 nitrogen and oxygen atoms in total. The van der Waals surface area contributed by atoms with Crippen LogP contribution in [0.4, 0.5) is 0 Å². The van der Waals surface area contributed by atoms with E-state index in [-0.39, 0.29) is 29.9 Å². The minimum Gasteiger partial charge on any atom is -0.496 e. The Labute approximate surface area is 190 Å². The maximum absolute atomic E-state index is 11.6. The van der Waals surface area contributed by atoms with Crippen LogP contribution in [0.3, 0.4) is 0 Å². The molecule has 1 amide bonds. The lowest BCUT2D eigenvalue weighted by Crippen LogP contribution is -2.45. The molecule has 1 fully saturated rings. The molecule has 1 aromatic rings. The second kappa shape index (κ2) is 12.6. The van der Waals surface area contributed by atoms with Crippen molar-refractivity contribution in [2.45, 2.75) is 25.8 Å². The summed E-state index contributed by atoms with van der Waals surface area (Å²) in [6, 6.07) is 3.68. The summed E-state index contributed by atoms with van der Waals surface area (Å²) in [4.78, 5) is 18.2. The van der Waals surface area contributed by atoms with Crippen LogP contribution in [0.25, 0.3) is 0 Å². The molecule has 1 saturated heterocycles. The molecule has 0 aromatic heterocycles. The topological polar surface area (TPSA) is 84.4 Å². The number of amides is 1. The van der Waals surface area contributed by atoms with Gasteiger partial charge in [-0.05, 0) is 18.8 Å². The Bertz CT molecular complexity index is 666. The van der Waals surface area contributed by atoms with Gasteiger partial charge in [-0.2, -0.15) is 0 Å². The summed E-state index contributed by atoms with van der Waals surface area (Å²) in [7, 11) is 8.33. The van der Waals surface area contributed by atoms with E-state index in [0.717, 1.165) is 37.5 Å². The van der Waals surface area contributed by atoms with Crippen molar-refractivity contribution in [2.24, 2.45) is 10.9 Å². The molecule has 0 atom stereocenters. The van der Waals surface area contributed by atoms with Gasteiger partial charge >= 0.3 is 0 Å². The molecule has 0 bridgehead atoms. The highest BCUT2D eigenvalue weighted by Gasteiger charge is 2.23. The Hall–Kier alpha value is -1.91. The van der Waals surface area contributed by atoms with Crippen LogP contribution in [0.2, 0.25) is 0 Å². The van der Waals surface area contributed by atoms with Gasteiger partial charge in [0.25, 0.3) is 0 Å².